The fourth-order valence-corrected chi connectivity index (χ4v) is 1.74. The Bertz CT molecular complexity index is 619. The minimum Gasteiger partial charge on any atom is -0.477 e. The summed E-state index contributed by atoms with van der Waals surface area (Å²) >= 11 is 5.87. The lowest BCUT2D eigenvalue weighted by Crippen LogP contribution is -2.05. The summed E-state index contributed by atoms with van der Waals surface area (Å²) < 4.78 is 28.7. The molecule has 2 aromatic rings. The lowest BCUT2D eigenvalue weighted by Gasteiger charge is -2.08. The van der Waals surface area contributed by atoms with E-state index in [1.54, 1.807) is 0 Å². The number of nitrogens with zero attached hydrogens (tertiary/aromatic N) is 1. The number of carbonyl (C=O) groups is 1. The normalized spacial score (nSPS) is 10.9. The standard InChI is InChI=1S/C11H6ClF2NO3/c12-6-4-7(10(16)17)15-9-5(6)2-1-3-8(9)18-11(13)14/h1-4,11H,(H,16,17). The van der Waals surface area contributed by atoms with Crippen LogP contribution in [0.4, 0.5) is 8.78 Å². The highest BCUT2D eigenvalue weighted by molar-refractivity contribution is 6.35. The number of alkyl halides is 2. The molecule has 1 N–H and O–H groups in total. The monoisotopic (exact) mass is 273 g/mol. The smallest absolute Gasteiger partial charge is 0.387 e. The Balaban J connectivity index is 2.69. The molecule has 2 rings (SSSR count). The third kappa shape index (κ3) is 2.33. The molecule has 0 fully saturated rings. The number of hydrogen-bond acceptors (Lipinski definition) is 3. The van der Waals surface area contributed by atoms with Gasteiger partial charge in [0.15, 0.2) is 11.4 Å². The van der Waals surface area contributed by atoms with E-state index >= 15 is 0 Å². The van der Waals surface area contributed by atoms with Gasteiger partial charge in [0, 0.05) is 5.39 Å². The van der Waals surface area contributed by atoms with Crippen molar-refractivity contribution in [3.8, 4) is 5.75 Å². The van der Waals surface area contributed by atoms with Gasteiger partial charge in [-0.25, -0.2) is 9.78 Å². The molecule has 0 saturated carbocycles. The molecule has 1 aromatic carbocycles. The molecule has 0 aliphatic rings. The Morgan fingerprint density at radius 3 is 2.78 bits per heavy atom. The Labute approximate surface area is 105 Å². The van der Waals surface area contributed by atoms with Crippen LogP contribution in [0.25, 0.3) is 10.9 Å². The van der Waals surface area contributed by atoms with Crippen molar-refractivity contribution in [1.29, 1.82) is 0 Å². The highest BCUT2D eigenvalue weighted by Crippen LogP contribution is 2.30. The van der Waals surface area contributed by atoms with Crippen molar-refractivity contribution < 1.29 is 23.4 Å². The van der Waals surface area contributed by atoms with Gasteiger partial charge in [-0.05, 0) is 12.1 Å². The van der Waals surface area contributed by atoms with Crippen molar-refractivity contribution in [2.24, 2.45) is 0 Å². The number of fused-ring (bicyclic) bond motifs is 1. The molecular formula is C11H6ClF2NO3. The molecule has 0 aliphatic carbocycles. The van der Waals surface area contributed by atoms with Crippen molar-refractivity contribution in [3.63, 3.8) is 0 Å². The molecule has 18 heavy (non-hydrogen) atoms. The predicted octanol–water partition coefficient (Wildman–Crippen LogP) is 3.19. The van der Waals surface area contributed by atoms with E-state index in [2.05, 4.69) is 9.72 Å². The summed E-state index contributed by atoms with van der Waals surface area (Å²) in [4.78, 5) is 14.6. The lowest BCUT2D eigenvalue weighted by molar-refractivity contribution is -0.0489. The second-order valence-corrected chi connectivity index (χ2v) is 3.73. The van der Waals surface area contributed by atoms with Crippen molar-refractivity contribution >= 4 is 28.5 Å². The summed E-state index contributed by atoms with van der Waals surface area (Å²) in [5.41, 5.74) is -0.347. The summed E-state index contributed by atoms with van der Waals surface area (Å²) in [6.07, 6.45) is 0. The van der Waals surface area contributed by atoms with E-state index in [9.17, 15) is 13.6 Å². The molecule has 1 aromatic heterocycles. The minimum atomic E-state index is -3.02. The lowest BCUT2D eigenvalue weighted by atomic mass is 10.2. The number of halogens is 3. The number of hydrogen-bond donors (Lipinski definition) is 1. The van der Waals surface area contributed by atoms with Gasteiger partial charge in [0.2, 0.25) is 0 Å². The number of rotatable bonds is 3. The summed E-state index contributed by atoms with van der Waals surface area (Å²) in [5, 5.41) is 9.29. The first-order chi connectivity index (χ1) is 8.49. The highest BCUT2D eigenvalue weighted by Gasteiger charge is 2.15. The van der Waals surface area contributed by atoms with Crippen LogP contribution in [0.1, 0.15) is 10.5 Å². The van der Waals surface area contributed by atoms with Crippen LogP contribution in [0.5, 0.6) is 5.75 Å². The number of pyridine rings is 1. The maximum absolute atomic E-state index is 12.2. The first-order valence-electron chi connectivity index (χ1n) is 4.76. The summed E-state index contributed by atoms with van der Waals surface area (Å²) in [5.74, 6) is -1.52. The van der Waals surface area contributed by atoms with Gasteiger partial charge in [0.1, 0.15) is 5.52 Å². The zero-order chi connectivity index (χ0) is 13.3. The van der Waals surface area contributed by atoms with Crippen LogP contribution in [0, 0.1) is 0 Å². The first kappa shape index (κ1) is 12.5. The van der Waals surface area contributed by atoms with Gasteiger partial charge >= 0.3 is 12.6 Å². The number of aromatic nitrogens is 1. The number of para-hydroxylation sites is 1. The van der Waals surface area contributed by atoms with E-state index in [0.717, 1.165) is 6.07 Å². The zero-order valence-electron chi connectivity index (χ0n) is 8.73. The van der Waals surface area contributed by atoms with Crippen molar-refractivity contribution in [1.82, 2.24) is 4.98 Å². The predicted molar refractivity (Wildman–Crippen MR) is 60.3 cm³/mol. The van der Waals surface area contributed by atoms with Crippen LogP contribution in [0.3, 0.4) is 0 Å². The maximum Gasteiger partial charge on any atom is 0.387 e. The molecule has 1 heterocycles. The van der Waals surface area contributed by atoms with Crippen LogP contribution in [0.15, 0.2) is 24.3 Å². The zero-order valence-corrected chi connectivity index (χ0v) is 9.49. The number of carboxylic acid groups (broad SMARTS) is 1. The van der Waals surface area contributed by atoms with Gasteiger partial charge in [-0.1, -0.05) is 23.7 Å². The molecule has 94 valence electrons. The van der Waals surface area contributed by atoms with E-state index in [1.165, 1.54) is 18.2 Å². The Morgan fingerprint density at radius 1 is 1.44 bits per heavy atom. The maximum atomic E-state index is 12.2. The average molecular weight is 274 g/mol. The average Bonchev–Trinajstić information content (AvgIpc) is 2.29. The molecule has 0 amide bonds. The molecule has 0 unspecified atom stereocenters. The first-order valence-corrected chi connectivity index (χ1v) is 5.14. The molecule has 0 aliphatic heterocycles. The van der Waals surface area contributed by atoms with Crippen LogP contribution in [-0.2, 0) is 0 Å². The fourth-order valence-electron chi connectivity index (χ4n) is 1.48. The third-order valence-electron chi connectivity index (χ3n) is 2.19. The van der Waals surface area contributed by atoms with Gasteiger partial charge in [0.05, 0.1) is 5.02 Å². The Morgan fingerprint density at radius 2 is 2.17 bits per heavy atom. The van der Waals surface area contributed by atoms with E-state index in [4.69, 9.17) is 16.7 Å². The molecule has 0 spiro atoms. The van der Waals surface area contributed by atoms with Crippen molar-refractivity contribution in [3.05, 3.63) is 35.0 Å². The molecule has 7 heteroatoms. The van der Waals surface area contributed by atoms with Gasteiger partial charge in [-0.3, -0.25) is 0 Å². The molecule has 0 saturated heterocycles. The fraction of sp³-hybridized carbons (Fsp3) is 0.0909. The molecular weight excluding hydrogens is 268 g/mol. The second kappa shape index (κ2) is 4.73. The molecule has 4 nitrogen and oxygen atoms in total. The SMILES string of the molecule is O=C(O)c1cc(Cl)c2cccc(OC(F)F)c2n1. The molecule has 0 atom stereocenters. The highest BCUT2D eigenvalue weighted by atomic mass is 35.5. The number of aromatic carboxylic acids is 1. The third-order valence-corrected chi connectivity index (χ3v) is 2.50. The topological polar surface area (TPSA) is 59.4 Å². The second-order valence-electron chi connectivity index (χ2n) is 3.33. The Hall–Kier alpha value is -1.95. The van der Waals surface area contributed by atoms with Gasteiger partial charge in [-0.15, -0.1) is 0 Å². The summed E-state index contributed by atoms with van der Waals surface area (Å²) in [6, 6.07) is 5.42. The van der Waals surface area contributed by atoms with E-state index < -0.39 is 12.6 Å². The van der Waals surface area contributed by atoms with Crippen molar-refractivity contribution in [2.45, 2.75) is 6.61 Å². The van der Waals surface area contributed by atoms with E-state index in [1.807, 2.05) is 0 Å². The summed E-state index contributed by atoms with van der Waals surface area (Å²) in [6.45, 7) is -3.02. The van der Waals surface area contributed by atoms with Crippen LogP contribution in [0.2, 0.25) is 5.02 Å². The summed E-state index contributed by atoms with van der Waals surface area (Å²) in [7, 11) is 0. The molecule has 0 radical (unpaired) electrons. The van der Waals surface area contributed by atoms with Gasteiger partial charge < -0.3 is 9.84 Å². The van der Waals surface area contributed by atoms with E-state index in [0.29, 0.717) is 5.39 Å². The van der Waals surface area contributed by atoms with E-state index in [-0.39, 0.29) is 22.0 Å². The van der Waals surface area contributed by atoms with Gasteiger partial charge in [0.25, 0.3) is 0 Å². The van der Waals surface area contributed by atoms with Gasteiger partial charge in [-0.2, -0.15) is 8.78 Å². The van der Waals surface area contributed by atoms with Crippen molar-refractivity contribution in [2.75, 3.05) is 0 Å². The number of benzene rings is 1. The Kier molecular flexibility index (Phi) is 3.29. The minimum absolute atomic E-state index is 0.0114. The van der Waals surface area contributed by atoms with Crippen LogP contribution < -0.4 is 4.74 Å². The number of ether oxygens (including phenoxy) is 1. The quantitative estimate of drug-likeness (QED) is 0.933. The van der Waals surface area contributed by atoms with Crippen LogP contribution >= 0.6 is 11.6 Å². The molecule has 0 bridgehead atoms. The number of carboxylic acids is 1. The largest absolute Gasteiger partial charge is 0.477 e. The van der Waals surface area contributed by atoms with Crippen LogP contribution in [-0.4, -0.2) is 22.7 Å².